The van der Waals surface area contributed by atoms with Crippen molar-refractivity contribution in [3.8, 4) is 11.5 Å². The van der Waals surface area contributed by atoms with Gasteiger partial charge in [-0.25, -0.2) is 4.79 Å². The average molecular weight is 488 g/mol. The summed E-state index contributed by atoms with van der Waals surface area (Å²) in [6.45, 7) is 2.60. The second kappa shape index (κ2) is 9.90. The van der Waals surface area contributed by atoms with E-state index in [4.69, 9.17) is 9.47 Å². The van der Waals surface area contributed by atoms with Crippen LogP contribution < -0.4 is 20.7 Å². The highest BCUT2D eigenvalue weighted by Gasteiger charge is 2.18. The minimum absolute atomic E-state index is 0.202. The summed E-state index contributed by atoms with van der Waals surface area (Å²) in [5.41, 5.74) is -1.22. The molecule has 0 bridgehead atoms. The molecule has 0 amide bonds. The van der Waals surface area contributed by atoms with E-state index in [0.29, 0.717) is 30.3 Å². The molecule has 0 atom stereocenters. The summed E-state index contributed by atoms with van der Waals surface area (Å²) >= 11 is 3.39. The van der Waals surface area contributed by atoms with E-state index >= 15 is 0 Å². The maximum absolute atomic E-state index is 11.7. The van der Waals surface area contributed by atoms with Crippen LogP contribution in [0.25, 0.3) is 12.2 Å². The lowest BCUT2D eigenvalue weighted by atomic mass is 10.1. The van der Waals surface area contributed by atoms with Crippen molar-refractivity contribution in [3.05, 3.63) is 94.7 Å². The largest absolute Gasteiger partial charge is 0.490 e. The van der Waals surface area contributed by atoms with Gasteiger partial charge in [-0.15, -0.1) is 0 Å². The molecule has 2 N–H and O–H groups in total. The molecule has 0 saturated carbocycles. The molecular weight excluding hydrogens is 470 g/mol. The number of aromatic nitrogens is 2. The molecule has 0 saturated heterocycles. The van der Waals surface area contributed by atoms with Gasteiger partial charge in [0.1, 0.15) is 12.3 Å². The third kappa shape index (κ3) is 5.70. The van der Waals surface area contributed by atoms with Crippen LogP contribution in [-0.4, -0.2) is 21.5 Å². The van der Waals surface area contributed by atoms with Crippen molar-refractivity contribution >= 4 is 33.8 Å². The third-order valence-corrected chi connectivity index (χ3v) is 4.67. The number of hydrogen-bond acceptors (Lipinski definition) is 6. The number of nitrogens with zero attached hydrogens (tertiary/aromatic N) is 1. The molecular formula is C21H18BrN3O6. The van der Waals surface area contributed by atoms with Gasteiger partial charge in [-0.05, 0) is 48.4 Å². The van der Waals surface area contributed by atoms with Crippen LogP contribution in [0.5, 0.6) is 11.5 Å². The summed E-state index contributed by atoms with van der Waals surface area (Å²) in [6.07, 6.45) is 2.82. The van der Waals surface area contributed by atoms with Gasteiger partial charge in [0.2, 0.25) is 0 Å². The molecule has 0 fully saturated rings. The highest BCUT2D eigenvalue weighted by atomic mass is 79.9. The normalized spacial score (nSPS) is 10.9. The molecule has 0 aliphatic heterocycles. The number of hydrogen-bond donors (Lipinski definition) is 2. The van der Waals surface area contributed by atoms with Gasteiger partial charge in [-0.1, -0.05) is 40.2 Å². The third-order valence-electron chi connectivity index (χ3n) is 4.15. The van der Waals surface area contributed by atoms with Gasteiger partial charge in [0, 0.05) is 4.47 Å². The van der Waals surface area contributed by atoms with Crippen LogP contribution in [0, 0.1) is 10.1 Å². The number of nitro groups is 1. The second-order valence-corrected chi connectivity index (χ2v) is 7.23. The van der Waals surface area contributed by atoms with E-state index in [1.165, 1.54) is 12.2 Å². The van der Waals surface area contributed by atoms with Gasteiger partial charge in [-0.2, -0.15) is 0 Å². The van der Waals surface area contributed by atoms with Crippen molar-refractivity contribution in [2.24, 2.45) is 0 Å². The minimum atomic E-state index is -1.07. The Kier molecular flexibility index (Phi) is 7.03. The van der Waals surface area contributed by atoms with E-state index in [1.807, 2.05) is 36.2 Å². The summed E-state index contributed by atoms with van der Waals surface area (Å²) in [5, 5.41) is 11.1. The highest BCUT2D eigenvalue weighted by molar-refractivity contribution is 9.10. The number of nitrogens with one attached hydrogen (secondary N) is 2. The number of aromatic amines is 2. The Morgan fingerprint density at radius 2 is 1.77 bits per heavy atom. The predicted molar refractivity (Wildman–Crippen MR) is 119 cm³/mol. The van der Waals surface area contributed by atoms with Crippen molar-refractivity contribution in [2.75, 3.05) is 6.61 Å². The molecule has 0 aliphatic rings. The Labute approximate surface area is 184 Å². The van der Waals surface area contributed by atoms with Crippen LogP contribution in [0.3, 0.4) is 0 Å². The minimum Gasteiger partial charge on any atom is -0.490 e. The topological polar surface area (TPSA) is 127 Å². The first-order valence-electron chi connectivity index (χ1n) is 9.20. The van der Waals surface area contributed by atoms with E-state index in [9.17, 15) is 19.7 Å². The van der Waals surface area contributed by atoms with Crippen molar-refractivity contribution in [1.29, 1.82) is 0 Å². The smallest absolute Gasteiger partial charge is 0.357 e. The van der Waals surface area contributed by atoms with Gasteiger partial charge >= 0.3 is 16.9 Å². The van der Waals surface area contributed by atoms with E-state index in [-0.39, 0.29) is 5.69 Å². The molecule has 1 aromatic heterocycles. The van der Waals surface area contributed by atoms with Gasteiger partial charge in [0.15, 0.2) is 11.5 Å². The molecule has 2 aromatic carbocycles. The summed E-state index contributed by atoms with van der Waals surface area (Å²) in [7, 11) is 0. The lowest BCUT2D eigenvalue weighted by molar-refractivity contribution is -0.386. The number of rotatable bonds is 8. The predicted octanol–water partition coefficient (Wildman–Crippen LogP) is 3.88. The van der Waals surface area contributed by atoms with Crippen molar-refractivity contribution in [3.63, 3.8) is 0 Å². The standard InChI is InChI=1S/C21H18BrN3O6/c1-2-30-18-11-13(5-9-16-19(25(28)29)20(26)24-21(27)23-16)6-10-17(18)31-12-14-3-7-15(22)8-4-14/h3-11H,2,12H2,1H3,(H2,23,24,26,27)/b9-5+. The van der Waals surface area contributed by atoms with Crippen molar-refractivity contribution in [2.45, 2.75) is 13.5 Å². The Morgan fingerprint density at radius 1 is 1.03 bits per heavy atom. The average Bonchev–Trinajstić information content (AvgIpc) is 2.72. The van der Waals surface area contributed by atoms with Crippen LogP contribution in [0.15, 0.2) is 56.5 Å². The first kappa shape index (κ1) is 22.0. The Balaban J connectivity index is 1.85. The summed E-state index contributed by atoms with van der Waals surface area (Å²) in [5.74, 6) is 1.04. The molecule has 0 radical (unpaired) electrons. The summed E-state index contributed by atoms with van der Waals surface area (Å²) in [4.78, 5) is 37.6. The lowest BCUT2D eigenvalue weighted by Gasteiger charge is -2.13. The number of halogens is 1. The zero-order valence-electron chi connectivity index (χ0n) is 16.4. The van der Waals surface area contributed by atoms with E-state index in [1.54, 1.807) is 18.2 Å². The Bertz CT molecular complexity index is 1230. The van der Waals surface area contributed by atoms with Gasteiger partial charge in [0.05, 0.1) is 11.5 Å². The zero-order chi connectivity index (χ0) is 22.4. The quantitative estimate of drug-likeness (QED) is 0.366. The molecule has 31 heavy (non-hydrogen) atoms. The molecule has 0 unspecified atom stereocenters. The van der Waals surface area contributed by atoms with Gasteiger partial charge in [-0.3, -0.25) is 19.9 Å². The molecule has 0 spiro atoms. The van der Waals surface area contributed by atoms with Crippen LogP contribution in [0.2, 0.25) is 0 Å². The van der Waals surface area contributed by atoms with Crippen molar-refractivity contribution < 1.29 is 14.4 Å². The van der Waals surface area contributed by atoms with Crippen LogP contribution >= 0.6 is 15.9 Å². The van der Waals surface area contributed by atoms with Gasteiger partial charge < -0.3 is 14.5 Å². The molecule has 9 nitrogen and oxygen atoms in total. The summed E-state index contributed by atoms with van der Waals surface area (Å²) < 4.78 is 12.5. The van der Waals surface area contributed by atoms with Gasteiger partial charge in [0.25, 0.3) is 0 Å². The zero-order valence-corrected chi connectivity index (χ0v) is 18.0. The van der Waals surface area contributed by atoms with Crippen LogP contribution in [0.4, 0.5) is 5.69 Å². The molecule has 0 aliphatic carbocycles. The maximum Gasteiger partial charge on any atom is 0.357 e. The SMILES string of the molecule is CCOc1cc(/C=C/c2[nH]c(=O)[nH]c(=O)c2[N+](=O)[O-])ccc1OCc1ccc(Br)cc1. The van der Waals surface area contributed by atoms with Crippen LogP contribution in [0.1, 0.15) is 23.7 Å². The number of H-pyrrole nitrogens is 2. The molecule has 1 heterocycles. The highest BCUT2D eigenvalue weighted by Crippen LogP contribution is 2.30. The fourth-order valence-corrected chi connectivity index (χ4v) is 3.00. The number of ether oxygens (including phenoxy) is 2. The molecule has 160 valence electrons. The van der Waals surface area contributed by atoms with E-state index < -0.39 is 21.9 Å². The fraction of sp³-hybridized carbons (Fsp3) is 0.143. The number of benzene rings is 2. The summed E-state index contributed by atoms with van der Waals surface area (Å²) in [6, 6.07) is 12.9. The van der Waals surface area contributed by atoms with Crippen molar-refractivity contribution in [1.82, 2.24) is 9.97 Å². The van der Waals surface area contributed by atoms with E-state index in [2.05, 4.69) is 20.9 Å². The monoisotopic (exact) mass is 487 g/mol. The fourth-order valence-electron chi connectivity index (χ4n) is 2.74. The molecule has 10 heteroatoms. The Morgan fingerprint density at radius 3 is 2.45 bits per heavy atom. The first-order chi connectivity index (χ1) is 14.9. The van der Waals surface area contributed by atoms with Crippen LogP contribution in [-0.2, 0) is 6.61 Å². The first-order valence-corrected chi connectivity index (χ1v) is 10.00. The van der Waals surface area contributed by atoms with E-state index in [0.717, 1.165) is 10.0 Å². The molecule has 3 aromatic rings. The molecule has 3 rings (SSSR count). The maximum atomic E-state index is 11.7. The second-order valence-electron chi connectivity index (χ2n) is 6.32. The Hall–Kier alpha value is -3.66. The lowest BCUT2D eigenvalue weighted by Crippen LogP contribution is -2.25.